The molecule has 1 saturated heterocycles. The van der Waals surface area contributed by atoms with Crippen LogP contribution >= 0.6 is 0 Å². The van der Waals surface area contributed by atoms with E-state index in [0.29, 0.717) is 18.0 Å². The Kier molecular flexibility index (Phi) is 4.08. The van der Waals surface area contributed by atoms with Gasteiger partial charge in [0.05, 0.1) is 5.69 Å². The number of rotatable bonds is 3. The number of oxazole rings is 1. The zero-order chi connectivity index (χ0) is 14.8. The molecule has 2 atom stereocenters. The van der Waals surface area contributed by atoms with Gasteiger partial charge in [0.25, 0.3) is 0 Å². The highest BCUT2D eigenvalue weighted by molar-refractivity contribution is 5.53. The summed E-state index contributed by atoms with van der Waals surface area (Å²) >= 11 is 0. The Hall–Kier alpha value is -1.65. The molecule has 4 nitrogen and oxygen atoms in total. The minimum atomic E-state index is 0.525. The number of piperazine rings is 1. The zero-order valence-corrected chi connectivity index (χ0v) is 13.0. The second-order valence-corrected chi connectivity index (χ2v) is 6.17. The number of benzene rings is 1. The Morgan fingerprint density at radius 1 is 1.19 bits per heavy atom. The van der Waals surface area contributed by atoms with Gasteiger partial charge < -0.3 is 9.73 Å². The molecule has 1 aliphatic rings. The summed E-state index contributed by atoms with van der Waals surface area (Å²) in [6.07, 6.45) is 1.78. The zero-order valence-electron chi connectivity index (χ0n) is 13.0. The minimum absolute atomic E-state index is 0.525. The molecule has 0 spiro atoms. The molecule has 1 aromatic heterocycles. The lowest BCUT2D eigenvalue weighted by molar-refractivity contribution is 0.165. The van der Waals surface area contributed by atoms with Crippen LogP contribution in [0.3, 0.4) is 0 Å². The van der Waals surface area contributed by atoms with Crippen LogP contribution in [0.1, 0.15) is 25.1 Å². The number of aryl methyl sites for hydroxylation is 1. The van der Waals surface area contributed by atoms with E-state index in [0.717, 1.165) is 30.9 Å². The normalized spacial score (nSPS) is 23.4. The summed E-state index contributed by atoms with van der Waals surface area (Å²) in [6.45, 7) is 9.49. The quantitative estimate of drug-likeness (QED) is 0.941. The van der Waals surface area contributed by atoms with Gasteiger partial charge in [-0.25, -0.2) is 4.98 Å². The maximum atomic E-state index is 5.63. The van der Waals surface area contributed by atoms with Crippen molar-refractivity contribution in [3.05, 3.63) is 41.8 Å². The smallest absolute Gasteiger partial charge is 0.226 e. The molecule has 1 aromatic carbocycles. The van der Waals surface area contributed by atoms with E-state index in [-0.39, 0.29) is 0 Å². The van der Waals surface area contributed by atoms with Crippen LogP contribution in [0.15, 0.2) is 34.9 Å². The Morgan fingerprint density at radius 2 is 1.86 bits per heavy atom. The molecular weight excluding hydrogens is 262 g/mol. The van der Waals surface area contributed by atoms with Crippen LogP contribution in [0.2, 0.25) is 0 Å². The molecule has 0 radical (unpaired) electrons. The summed E-state index contributed by atoms with van der Waals surface area (Å²) in [5.74, 6) is 0.709. The first-order valence-electron chi connectivity index (χ1n) is 7.60. The summed E-state index contributed by atoms with van der Waals surface area (Å²) in [7, 11) is 0. The average molecular weight is 285 g/mol. The van der Waals surface area contributed by atoms with Gasteiger partial charge in [0.2, 0.25) is 5.89 Å². The van der Waals surface area contributed by atoms with Crippen molar-refractivity contribution < 1.29 is 4.42 Å². The van der Waals surface area contributed by atoms with E-state index in [4.69, 9.17) is 4.42 Å². The molecule has 0 amide bonds. The van der Waals surface area contributed by atoms with Gasteiger partial charge in [0.15, 0.2) is 0 Å². The van der Waals surface area contributed by atoms with Gasteiger partial charge in [0, 0.05) is 37.3 Å². The molecule has 0 aliphatic carbocycles. The van der Waals surface area contributed by atoms with Crippen molar-refractivity contribution in [1.29, 1.82) is 0 Å². The van der Waals surface area contributed by atoms with Crippen molar-refractivity contribution in [3.63, 3.8) is 0 Å². The highest BCUT2D eigenvalue weighted by Crippen LogP contribution is 2.20. The fourth-order valence-corrected chi connectivity index (χ4v) is 3.01. The molecule has 3 rings (SSSR count). The molecule has 2 unspecified atom stereocenters. The van der Waals surface area contributed by atoms with Crippen molar-refractivity contribution in [1.82, 2.24) is 15.2 Å². The van der Waals surface area contributed by atoms with Crippen LogP contribution in [0.25, 0.3) is 11.5 Å². The summed E-state index contributed by atoms with van der Waals surface area (Å²) in [5.41, 5.74) is 3.29. The predicted octanol–water partition coefficient (Wildman–Crippen LogP) is 2.83. The number of nitrogens with zero attached hydrogens (tertiary/aromatic N) is 2. The topological polar surface area (TPSA) is 41.3 Å². The maximum absolute atomic E-state index is 5.63. The Balaban J connectivity index is 1.69. The molecule has 2 aromatic rings. The molecule has 2 heterocycles. The van der Waals surface area contributed by atoms with Gasteiger partial charge in [-0.15, -0.1) is 0 Å². The standard InChI is InChI=1S/C17H23N3O/c1-12-4-6-15(7-5-12)17-19-16(11-21-17)10-20-8-13(2)18-14(3)9-20/h4-7,11,13-14,18H,8-10H2,1-3H3. The maximum Gasteiger partial charge on any atom is 0.226 e. The third kappa shape index (κ3) is 3.52. The lowest BCUT2D eigenvalue weighted by atomic mass is 10.1. The van der Waals surface area contributed by atoms with Crippen molar-refractivity contribution >= 4 is 0 Å². The molecule has 4 heteroatoms. The van der Waals surface area contributed by atoms with Crippen LogP contribution < -0.4 is 5.32 Å². The van der Waals surface area contributed by atoms with Gasteiger partial charge in [0.1, 0.15) is 6.26 Å². The lowest BCUT2D eigenvalue weighted by Gasteiger charge is -2.35. The van der Waals surface area contributed by atoms with E-state index in [9.17, 15) is 0 Å². The largest absolute Gasteiger partial charge is 0.444 e. The molecule has 0 saturated carbocycles. The second-order valence-electron chi connectivity index (χ2n) is 6.17. The summed E-state index contributed by atoms with van der Waals surface area (Å²) in [6, 6.07) is 9.33. The first kappa shape index (κ1) is 14.3. The van der Waals surface area contributed by atoms with Crippen LogP contribution in [-0.4, -0.2) is 35.1 Å². The summed E-state index contributed by atoms with van der Waals surface area (Å²) in [5, 5.41) is 3.55. The Labute approximate surface area is 126 Å². The van der Waals surface area contributed by atoms with Gasteiger partial charge in [-0.2, -0.15) is 0 Å². The van der Waals surface area contributed by atoms with E-state index in [2.05, 4.69) is 60.2 Å². The Morgan fingerprint density at radius 3 is 2.52 bits per heavy atom. The van der Waals surface area contributed by atoms with Crippen LogP contribution in [0.4, 0.5) is 0 Å². The van der Waals surface area contributed by atoms with E-state index >= 15 is 0 Å². The highest BCUT2D eigenvalue weighted by atomic mass is 16.3. The summed E-state index contributed by atoms with van der Waals surface area (Å²) < 4.78 is 5.63. The molecule has 0 bridgehead atoms. The number of nitrogens with one attached hydrogen (secondary N) is 1. The van der Waals surface area contributed by atoms with Gasteiger partial charge >= 0.3 is 0 Å². The first-order valence-corrected chi connectivity index (χ1v) is 7.60. The fraction of sp³-hybridized carbons (Fsp3) is 0.471. The van der Waals surface area contributed by atoms with Crippen molar-refractivity contribution in [3.8, 4) is 11.5 Å². The second kappa shape index (κ2) is 6.00. The third-order valence-corrected chi connectivity index (χ3v) is 3.87. The van der Waals surface area contributed by atoms with E-state index < -0.39 is 0 Å². The third-order valence-electron chi connectivity index (χ3n) is 3.87. The van der Waals surface area contributed by atoms with Crippen molar-refractivity contribution in [2.75, 3.05) is 13.1 Å². The minimum Gasteiger partial charge on any atom is -0.444 e. The van der Waals surface area contributed by atoms with E-state index in [1.165, 1.54) is 5.56 Å². The molecule has 1 N–H and O–H groups in total. The van der Waals surface area contributed by atoms with Crippen LogP contribution in [0, 0.1) is 6.92 Å². The summed E-state index contributed by atoms with van der Waals surface area (Å²) in [4.78, 5) is 7.06. The van der Waals surface area contributed by atoms with Gasteiger partial charge in [-0.3, -0.25) is 4.90 Å². The molecule has 1 fully saturated rings. The van der Waals surface area contributed by atoms with E-state index in [1.54, 1.807) is 6.26 Å². The predicted molar refractivity (Wildman–Crippen MR) is 84.0 cm³/mol. The van der Waals surface area contributed by atoms with E-state index in [1.807, 2.05) is 0 Å². The van der Waals surface area contributed by atoms with Crippen LogP contribution in [0.5, 0.6) is 0 Å². The molecular formula is C17H23N3O. The number of aromatic nitrogens is 1. The highest BCUT2D eigenvalue weighted by Gasteiger charge is 2.21. The average Bonchev–Trinajstić information content (AvgIpc) is 2.87. The van der Waals surface area contributed by atoms with Crippen molar-refractivity contribution in [2.24, 2.45) is 0 Å². The van der Waals surface area contributed by atoms with Gasteiger partial charge in [-0.1, -0.05) is 17.7 Å². The molecule has 21 heavy (non-hydrogen) atoms. The fourth-order valence-electron chi connectivity index (χ4n) is 3.01. The molecule has 112 valence electrons. The Bertz CT molecular complexity index is 580. The number of hydrogen-bond donors (Lipinski definition) is 1. The number of hydrogen-bond acceptors (Lipinski definition) is 4. The van der Waals surface area contributed by atoms with Gasteiger partial charge in [-0.05, 0) is 32.9 Å². The van der Waals surface area contributed by atoms with Crippen LogP contribution in [-0.2, 0) is 6.54 Å². The first-order chi connectivity index (χ1) is 10.1. The van der Waals surface area contributed by atoms with Crippen molar-refractivity contribution in [2.45, 2.75) is 39.4 Å². The molecule has 1 aliphatic heterocycles. The lowest BCUT2D eigenvalue weighted by Crippen LogP contribution is -2.53. The SMILES string of the molecule is Cc1ccc(-c2nc(CN3CC(C)NC(C)C3)co2)cc1. The monoisotopic (exact) mass is 285 g/mol.